The first-order valence-corrected chi connectivity index (χ1v) is 5.11. The number of rotatable bonds is 5. The van der Waals surface area contributed by atoms with Crippen LogP contribution in [0.1, 0.15) is 39.5 Å². The first kappa shape index (κ1) is 10.0. The molecule has 0 aromatic rings. The van der Waals surface area contributed by atoms with Crippen molar-refractivity contribution in [3.63, 3.8) is 0 Å². The van der Waals surface area contributed by atoms with Crippen LogP contribution in [0.3, 0.4) is 0 Å². The van der Waals surface area contributed by atoms with Gasteiger partial charge in [0.2, 0.25) is 0 Å². The summed E-state index contributed by atoms with van der Waals surface area (Å²) in [5, 5.41) is 3.62. The maximum absolute atomic E-state index is 5.49. The maximum Gasteiger partial charge on any atom is 0.0153 e. The lowest BCUT2D eigenvalue weighted by Gasteiger charge is -2.40. The van der Waals surface area contributed by atoms with Gasteiger partial charge in [0.1, 0.15) is 0 Å². The molecule has 2 heteroatoms. The molecule has 1 aliphatic rings. The van der Waals surface area contributed by atoms with Crippen LogP contribution in [-0.2, 0) is 0 Å². The van der Waals surface area contributed by atoms with E-state index in [1.54, 1.807) is 0 Å². The highest BCUT2D eigenvalue weighted by molar-refractivity contribution is 4.91. The molecule has 0 bridgehead atoms. The molecule has 0 heterocycles. The number of hydrogen-bond acceptors (Lipinski definition) is 2. The summed E-state index contributed by atoms with van der Waals surface area (Å²) in [6.07, 6.45) is 5.24. The zero-order valence-corrected chi connectivity index (χ0v) is 8.40. The van der Waals surface area contributed by atoms with E-state index in [9.17, 15) is 0 Å². The van der Waals surface area contributed by atoms with Crippen LogP contribution < -0.4 is 11.1 Å². The first-order chi connectivity index (χ1) is 5.66. The minimum atomic E-state index is 0.461. The Morgan fingerprint density at radius 2 is 2.17 bits per heavy atom. The summed E-state index contributed by atoms with van der Waals surface area (Å²) in [5.74, 6) is 0.729. The van der Waals surface area contributed by atoms with Gasteiger partial charge in [-0.25, -0.2) is 0 Å². The van der Waals surface area contributed by atoms with Crippen molar-refractivity contribution in [2.75, 3.05) is 13.1 Å². The molecular formula is C10H22N2. The van der Waals surface area contributed by atoms with E-state index in [4.69, 9.17) is 5.73 Å². The fourth-order valence-electron chi connectivity index (χ4n) is 1.69. The predicted octanol–water partition coefficient (Wildman–Crippen LogP) is 1.50. The van der Waals surface area contributed by atoms with Gasteiger partial charge in [0.15, 0.2) is 0 Å². The molecule has 3 N–H and O–H groups in total. The quantitative estimate of drug-likeness (QED) is 0.656. The van der Waals surface area contributed by atoms with Crippen molar-refractivity contribution in [1.29, 1.82) is 0 Å². The van der Waals surface area contributed by atoms with Crippen LogP contribution in [-0.4, -0.2) is 18.6 Å². The van der Waals surface area contributed by atoms with Gasteiger partial charge in [0, 0.05) is 5.54 Å². The molecule has 0 saturated heterocycles. The Labute approximate surface area is 75.9 Å². The molecule has 12 heavy (non-hydrogen) atoms. The van der Waals surface area contributed by atoms with Gasteiger partial charge in [0.05, 0.1) is 0 Å². The minimum Gasteiger partial charge on any atom is -0.330 e. The van der Waals surface area contributed by atoms with Gasteiger partial charge in [-0.1, -0.05) is 6.92 Å². The molecule has 1 rings (SSSR count). The third-order valence-corrected chi connectivity index (χ3v) is 2.99. The molecule has 1 aliphatic carbocycles. The van der Waals surface area contributed by atoms with Crippen molar-refractivity contribution in [2.24, 2.45) is 11.7 Å². The van der Waals surface area contributed by atoms with E-state index in [0.29, 0.717) is 5.54 Å². The number of nitrogens with one attached hydrogen (secondary N) is 1. The Balaban J connectivity index is 2.07. The van der Waals surface area contributed by atoms with Crippen LogP contribution in [0.15, 0.2) is 0 Å². The van der Waals surface area contributed by atoms with Crippen LogP contribution in [0.4, 0.5) is 0 Å². The Morgan fingerprint density at radius 1 is 1.50 bits per heavy atom. The molecule has 0 aliphatic heterocycles. The molecule has 72 valence electrons. The molecule has 0 amide bonds. The zero-order chi connectivity index (χ0) is 9.03. The lowest BCUT2D eigenvalue weighted by molar-refractivity contribution is 0.198. The monoisotopic (exact) mass is 170 g/mol. The zero-order valence-electron chi connectivity index (χ0n) is 8.40. The van der Waals surface area contributed by atoms with Gasteiger partial charge in [-0.3, -0.25) is 0 Å². The summed E-state index contributed by atoms with van der Waals surface area (Å²) in [4.78, 5) is 0. The van der Waals surface area contributed by atoms with Gasteiger partial charge in [-0.05, 0) is 51.6 Å². The largest absolute Gasteiger partial charge is 0.330 e. The van der Waals surface area contributed by atoms with Crippen molar-refractivity contribution in [2.45, 2.75) is 45.1 Å². The molecule has 2 nitrogen and oxygen atoms in total. The average molecular weight is 170 g/mol. The molecule has 1 unspecified atom stereocenters. The van der Waals surface area contributed by atoms with Crippen molar-refractivity contribution in [3.05, 3.63) is 0 Å². The molecule has 1 fully saturated rings. The van der Waals surface area contributed by atoms with E-state index in [2.05, 4.69) is 19.2 Å². The van der Waals surface area contributed by atoms with Crippen molar-refractivity contribution in [3.8, 4) is 0 Å². The molecule has 0 aromatic carbocycles. The number of nitrogens with two attached hydrogens (primary N) is 1. The second-order valence-electron chi connectivity index (χ2n) is 4.48. The Morgan fingerprint density at radius 3 is 2.58 bits per heavy atom. The third-order valence-electron chi connectivity index (χ3n) is 2.99. The van der Waals surface area contributed by atoms with E-state index in [1.807, 2.05) is 0 Å². The summed E-state index contributed by atoms with van der Waals surface area (Å²) in [6.45, 7) is 6.54. The Kier molecular flexibility index (Phi) is 3.53. The molecule has 0 radical (unpaired) electrons. The first-order valence-electron chi connectivity index (χ1n) is 5.11. The van der Waals surface area contributed by atoms with Crippen LogP contribution in [0.25, 0.3) is 0 Å². The van der Waals surface area contributed by atoms with Gasteiger partial charge in [-0.2, -0.15) is 0 Å². The summed E-state index contributed by atoms with van der Waals surface area (Å²) in [5.41, 5.74) is 5.95. The fraction of sp³-hybridized carbons (Fsp3) is 1.00. The average Bonchev–Trinajstić information content (AvgIpc) is 1.98. The van der Waals surface area contributed by atoms with Crippen LogP contribution in [0.5, 0.6) is 0 Å². The van der Waals surface area contributed by atoms with Crippen LogP contribution in [0, 0.1) is 5.92 Å². The van der Waals surface area contributed by atoms with E-state index >= 15 is 0 Å². The minimum absolute atomic E-state index is 0.461. The van der Waals surface area contributed by atoms with E-state index in [1.165, 1.54) is 19.3 Å². The highest BCUT2D eigenvalue weighted by Crippen LogP contribution is 2.30. The molecular weight excluding hydrogens is 148 g/mol. The number of hydrogen-bond donors (Lipinski definition) is 2. The smallest absolute Gasteiger partial charge is 0.0153 e. The summed E-state index contributed by atoms with van der Waals surface area (Å²) < 4.78 is 0. The van der Waals surface area contributed by atoms with E-state index in [0.717, 1.165) is 25.4 Å². The maximum atomic E-state index is 5.49. The Bertz CT molecular complexity index is 130. The molecule has 0 aromatic heterocycles. The van der Waals surface area contributed by atoms with Gasteiger partial charge >= 0.3 is 0 Å². The van der Waals surface area contributed by atoms with Crippen molar-refractivity contribution in [1.82, 2.24) is 5.32 Å². The Hall–Kier alpha value is -0.0800. The van der Waals surface area contributed by atoms with E-state index < -0.39 is 0 Å². The summed E-state index contributed by atoms with van der Waals surface area (Å²) in [7, 11) is 0. The molecule has 1 atom stereocenters. The van der Waals surface area contributed by atoms with Crippen molar-refractivity contribution < 1.29 is 0 Å². The van der Waals surface area contributed by atoms with Gasteiger partial charge in [0.25, 0.3) is 0 Å². The van der Waals surface area contributed by atoms with E-state index in [-0.39, 0.29) is 0 Å². The van der Waals surface area contributed by atoms with Crippen LogP contribution in [0.2, 0.25) is 0 Å². The summed E-state index contributed by atoms with van der Waals surface area (Å²) >= 11 is 0. The topological polar surface area (TPSA) is 38.0 Å². The predicted molar refractivity (Wildman–Crippen MR) is 53.1 cm³/mol. The fourth-order valence-corrected chi connectivity index (χ4v) is 1.69. The normalized spacial score (nSPS) is 23.2. The molecule has 1 saturated carbocycles. The standard InChI is InChI=1S/C10H22N2/c1-9(4-7-11)8-12-10(2)5-3-6-10/h9,12H,3-8,11H2,1-2H3. The summed E-state index contributed by atoms with van der Waals surface area (Å²) in [6, 6.07) is 0. The third kappa shape index (κ3) is 2.76. The highest BCUT2D eigenvalue weighted by atomic mass is 15.0. The van der Waals surface area contributed by atoms with Gasteiger partial charge < -0.3 is 11.1 Å². The molecule has 0 spiro atoms. The van der Waals surface area contributed by atoms with Crippen molar-refractivity contribution >= 4 is 0 Å². The highest BCUT2D eigenvalue weighted by Gasteiger charge is 2.30. The SMILES string of the molecule is CC(CCN)CNC1(C)CCC1. The second kappa shape index (κ2) is 4.24. The van der Waals surface area contributed by atoms with Crippen LogP contribution >= 0.6 is 0 Å². The second-order valence-corrected chi connectivity index (χ2v) is 4.48. The van der Waals surface area contributed by atoms with Gasteiger partial charge in [-0.15, -0.1) is 0 Å². The lowest BCUT2D eigenvalue weighted by atomic mass is 9.78. The lowest BCUT2D eigenvalue weighted by Crippen LogP contribution is -2.49.